The first-order chi connectivity index (χ1) is 8.78. The first-order valence-electron chi connectivity index (χ1n) is 7.04. The minimum Gasteiger partial charge on any atom is -0.313 e. The highest BCUT2D eigenvalue weighted by Crippen LogP contribution is 2.30. The van der Waals surface area contributed by atoms with Crippen LogP contribution < -0.4 is 5.32 Å². The summed E-state index contributed by atoms with van der Waals surface area (Å²) >= 11 is 3.93. The number of thiazole rings is 1. The molecule has 1 heterocycles. The van der Waals surface area contributed by atoms with Crippen LogP contribution in [-0.2, 0) is 6.42 Å². The number of rotatable bonds is 7. The van der Waals surface area contributed by atoms with Gasteiger partial charge in [-0.3, -0.25) is 0 Å². The third-order valence-corrected chi connectivity index (χ3v) is 5.81. The molecule has 1 aromatic rings. The van der Waals surface area contributed by atoms with E-state index in [1.54, 1.807) is 11.3 Å². The monoisotopic (exact) mass is 284 g/mol. The lowest BCUT2D eigenvalue weighted by molar-refractivity contribution is 0.566. The predicted octanol–water partition coefficient (Wildman–Crippen LogP) is 3.65. The Bertz CT molecular complexity index is 345. The van der Waals surface area contributed by atoms with Gasteiger partial charge in [0.25, 0.3) is 0 Å². The second-order valence-corrected chi connectivity index (χ2v) is 7.45. The smallest absolute Gasteiger partial charge is 0.0897 e. The molecule has 2 rings (SSSR count). The molecule has 0 saturated heterocycles. The first-order valence-corrected chi connectivity index (χ1v) is 8.96. The summed E-state index contributed by atoms with van der Waals surface area (Å²) in [6.45, 7) is 5.34. The number of thioether (sulfide) groups is 1. The van der Waals surface area contributed by atoms with Crippen molar-refractivity contribution in [2.24, 2.45) is 0 Å². The van der Waals surface area contributed by atoms with Crippen LogP contribution in [0.1, 0.15) is 43.3 Å². The third kappa shape index (κ3) is 4.56. The molecular formula is C14H24N2S2. The minimum atomic E-state index is 0.585. The molecule has 1 saturated carbocycles. The summed E-state index contributed by atoms with van der Waals surface area (Å²) in [6, 6.07) is 0.585. The van der Waals surface area contributed by atoms with Crippen molar-refractivity contribution >= 4 is 23.1 Å². The van der Waals surface area contributed by atoms with Crippen LogP contribution in [0.2, 0.25) is 0 Å². The zero-order valence-electron chi connectivity index (χ0n) is 11.4. The van der Waals surface area contributed by atoms with Crippen LogP contribution in [0.25, 0.3) is 0 Å². The van der Waals surface area contributed by atoms with E-state index in [1.807, 2.05) is 0 Å². The van der Waals surface area contributed by atoms with E-state index >= 15 is 0 Å². The SMILES string of the molecule is CCNC(CSC1CCCC1)Cc1csc(C)n1. The molecule has 1 aromatic heterocycles. The predicted molar refractivity (Wildman–Crippen MR) is 82.7 cm³/mol. The topological polar surface area (TPSA) is 24.9 Å². The summed E-state index contributed by atoms with van der Waals surface area (Å²) in [5, 5.41) is 7.92. The van der Waals surface area contributed by atoms with Gasteiger partial charge in [0, 0.05) is 28.8 Å². The van der Waals surface area contributed by atoms with Crippen LogP contribution in [0.3, 0.4) is 0 Å². The van der Waals surface area contributed by atoms with Gasteiger partial charge < -0.3 is 5.32 Å². The van der Waals surface area contributed by atoms with E-state index in [-0.39, 0.29) is 0 Å². The highest BCUT2D eigenvalue weighted by molar-refractivity contribution is 7.99. The summed E-state index contributed by atoms with van der Waals surface area (Å²) in [5.41, 5.74) is 1.26. The van der Waals surface area contributed by atoms with Crippen molar-refractivity contribution in [2.75, 3.05) is 12.3 Å². The van der Waals surface area contributed by atoms with Crippen molar-refractivity contribution in [1.82, 2.24) is 10.3 Å². The average molecular weight is 284 g/mol. The van der Waals surface area contributed by atoms with E-state index in [1.165, 1.54) is 42.1 Å². The van der Waals surface area contributed by atoms with Crippen LogP contribution in [0.15, 0.2) is 5.38 Å². The Morgan fingerprint density at radius 1 is 1.50 bits per heavy atom. The van der Waals surface area contributed by atoms with Gasteiger partial charge in [-0.15, -0.1) is 11.3 Å². The molecule has 1 aliphatic carbocycles. The van der Waals surface area contributed by atoms with Gasteiger partial charge in [0.2, 0.25) is 0 Å². The molecule has 0 radical (unpaired) electrons. The van der Waals surface area contributed by atoms with E-state index in [0.29, 0.717) is 6.04 Å². The maximum absolute atomic E-state index is 4.58. The van der Waals surface area contributed by atoms with Crippen LogP contribution in [0.5, 0.6) is 0 Å². The van der Waals surface area contributed by atoms with Gasteiger partial charge in [-0.2, -0.15) is 11.8 Å². The van der Waals surface area contributed by atoms with Gasteiger partial charge in [0.05, 0.1) is 10.7 Å². The summed E-state index contributed by atoms with van der Waals surface area (Å²) in [7, 11) is 0. The molecule has 1 unspecified atom stereocenters. The maximum Gasteiger partial charge on any atom is 0.0897 e. The van der Waals surface area contributed by atoms with E-state index in [9.17, 15) is 0 Å². The Kier molecular flexibility index (Phi) is 5.99. The van der Waals surface area contributed by atoms with Crippen molar-refractivity contribution < 1.29 is 0 Å². The molecule has 0 bridgehead atoms. The Balaban J connectivity index is 1.79. The van der Waals surface area contributed by atoms with Gasteiger partial charge in [0.15, 0.2) is 0 Å². The molecular weight excluding hydrogens is 260 g/mol. The number of hydrogen-bond donors (Lipinski definition) is 1. The van der Waals surface area contributed by atoms with Crippen molar-refractivity contribution in [2.45, 2.75) is 57.2 Å². The van der Waals surface area contributed by atoms with Crippen molar-refractivity contribution in [3.8, 4) is 0 Å². The standard InChI is InChI=1S/C14H24N2S2/c1-3-15-12(8-13-10-17-11(2)16-13)9-18-14-6-4-5-7-14/h10,12,14-15H,3-9H2,1-2H3. The maximum atomic E-state index is 4.58. The number of nitrogens with one attached hydrogen (secondary N) is 1. The van der Waals surface area contributed by atoms with Gasteiger partial charge in [0.1, 0.15) is 0 Å². The molecule has 0 aromatic carbocycles. The molecule has 1 atom stereocenters. The Morgan fingerprint density at radius 2 is 2.28 bits per heavy atom. The van der Waals surface area contributed by atoms with Crippen molar-refractivity contribution in [3.63, 3.8) is 0 Å². The Labute approximate surface area is 119 Å². The fourth-order valence-corrected chi connectivity index (χ4v) is 4.57. The molecule has 102 valence electrons. The van der Waals surface area contributed by atoms with Crippen LogP contribution >= 0.6 is 23.1 Å². The van der Waals surface area contributed by atoms with E-state index in [2.05, 4.69) is 41.3 Å². The molecule has 1 aliphatic rings. The summed E-state index contributed by atoms with van der Waals surface area (Å²) in [6.07, 6.45) is 6.82. The average Bonchev–Trinajstić information content (AvgIpc) is 2.98. The molecule has 0 aliphatic heterocycles. The van der Waals surface area contributed by atoms with E-state index in [4.69, 9.17) is 0 Å². The molecule has 1 fully saturated rings. The lowest BCUT2D eigenvalue weighted by atomic mass is 10.2. The molecule has 2 nitrogen and oxygen atoms in total. The number of nitrogens with zero attached hydrogens (tertiary/aromatic N) is 1. The fourth-order valence-electron chi connectivity index (χ4n) is 2.54. The number of hydrogen-bond acceptors (Lipinski definition) is 4. The summed E-state index contributed by atoms with van der Waals surface area (Å²) < 4.78 is 0. The lowest BCUT2D eigenvalue weighted by Gasteiger charge is -2.18. The van der Waals surface area contributed by atoms with Gasteiger partial charge in [-0.25, -0.2) is 4.98 Å². The zero-order valence-corrected chi connectivity index (χ0v) is 13.1. The molecule has 0 amide bonds. The Morgan fingerprint density at radius 3 is 2.89 bits per heavy atom. The highest BCUT2D eigenvalue weighted by Gasteiger charge is 2.18. The fraction of sp³-hybridized carbons (Fsp3) is 0.786. The van der Waals surface area contributed by atoms with Gasteiger partial charge in [-0.1, -0.05) is 19.8 Å². The molecule has 0 spiro atoms. The van der Waals surface area contributed by atoms with Crippen LogP contribution in [-0.4, -0.2) is 28.6 Å². The van der Waals surface area contributed by atoms with Crippen molar-refractivity contribution in [1.29, 1.82) is 0 Å². The lowest BCUT2D eigenvalue weighted by Crippen LogP contribution is -2.33. The quantitative estimate of drug-likeness (QED) is 0.827. The Hall–Kier alpha value is -0.0600. The largest absolute Gasteiger partial charge is 0.313 e. The minimum absolute atomic E-state index is 0.585. The number of likely N-dealkylation sites (N-methyl/N-ethyl adjacent to an activating group) is 1. The summed E-state index contributed by atoms with van der Waals surface area (Å²) in [4.78, 5) is 4.58. The van der Waals surface area contributed by atoms with E-state index < -0.39 is 0 Å². The summed E-state index contributed by atoms with van der Waals surface area (Å²) in [5.74, 6) is 1.23. The van der Waals surface area contributed by atoms with Gasteiger partial charge >= 0.3 is 0 Å². The van der Waals surface area contributed by atoms with Crippen molar-refractivity contribution in [3.05, 3.63) is 16.1 Å². The third-order valence-electron chi connectivity index (χ3n) is 3.45. The van der Waals surface area contributed by atoms with Crippen LogP contribution in [0, 0.1) is 6.92 Å². The normalized spacial score (nSPS) is 18.3. The second-order valence-electron chi connectivity index (χ2n) is 5.06. The molecule has 18 heavy (non-hydrogen) atoms. The molecule has 4 heteroatoms. The second kappa shape index (κ2) is 7.51. The zero-order chi connectivity index (χ0) is 12.8. The van der Waals surface area contributed by atoms with Gasteiger partial charge in [-0.05, 0) is 26.3 Å². The van der Waals surface area contributed by atoms with Crippen LogP contribution in [0.4, 0.5) is 0 Å². The van der Waals surface area contributed by atoms with E-state index in [0.717, 1.165) is 18.2 Å². The highest BCUT2D eigenvalue weighted by atomic mass is 32.2. The number of aryl methyl sites for hydroxylation is 1. The molecule has 1 N–H and O–H groups in total. The number of aromatic nitrogens is 1. The first kappa shape index (κ1) is 14.4.